The lowest BCUT2D eigenvalue weighted by Gasteiger charge is -2.35. The SMILES string of the molecule is C[C@H](CO)N1C[C@H](C)[C@H](CN(C)C(=O)Nc2ccc(F)cc2)OCCCC[C@H](C)Oc2ccc(NC(=O)C3CC3)cc2C1=O. The number of aliphatic hydroxyl groups is 1. The van der Waals surface area contributed by atoms with Crippen molar-refractivity contribution in [3.63, 3.8) is 0 Å². The van der Waals surface area contributed by atoms with E-state index in [1.165, 1.54) is 29.2 Å². The number of urea groups is 1. The summed E-state index contributed by atoms with van der Waals surface area (Å²) in [5, 5.41) is 15.8. The number of carbonyl (C=O) groups is 3. The molecular formula is C33H45FN4O6. The van der Waals surface area contributed by atoms with E-state index in [-0.39, 0.29) is 55.5 Å². The zero-order chi connectivity index (χ0) is 31.8. The average molecular weight is 613 g/mol. The highest BCUT2D eigenvalue weighted by Gasteiger charge is 2.32. The number of halogens is 1. The van der Waals surface area contributed by atoms with Gasteiger partial charge >= 0.3 is 6.03 Å². The second kappa shape index (κ2) is 15.3. The first kappa shape index (κ1) is 33.2. The minimum atomic E-state index is -0.520. The smallest absolute Gasteiger partial charge is 0.321 e. The lowest BCUT2D eigenvalue weighted by Crippen LogP contribution is -2.48. The minimum Gasteiger partial charge on any atom is -0.490 e. The number of nitrogens with one attached hydrogen (secondary N) is 2. The molecule has 44 heavy (non-hydrogen) atoms. The summed E-state index contributed by atoms with van der Waals surface area (Å²) in [6, 6.07) is 9.78. The summed E-state index contributed by atoms with van der Waals surface area (Å²) in [6.45, 7) is 6.39. The Bertz CT molecular complexity index is 1290. The molecule has 2 aromatic rings. The second-order valence-electron chi connectivity index (χ2n) is 12.1. The number of hydrogen-bond acceptors (Lipinski definition) is 6. The third kappa shape index (κ3) is 9.15. The van der Waals surface area contributed by atoms with E-state index < -0.39 is 18.0 Å². The van der Waals surface area contributed by atoms with Gasteiger partial charge in [0.25, 0.3) is 5.91 Å². The highest BCUT2D eigenvalue weighted by Crippen LogP contribution is 2.32. The van der Waals surface area contributed by atoms with Gasteiger partial charge in [-0.1, -0.05) is 6.92 Å². The fraction of sp³-hybridized carbons (Fsp3) is 0.545. The Balaban J connectivity index is 1.57. The van der Waals surface area contributed by atoms with Crippen molar-refractivity contribution in [1.82, 2.24) is 9.80 Å². The number of aliphatic hydroxyl groups excluding tert-OH is 1. The summed E-state index contributed by atoms with van der Waals surface area (Å²) < 4.78 is 25.9. The van der Waals surface area contributed by atoms with Gasteiger partial charge in [-0.2, -0.15) is 0 Å². The fourth-order valence-corrected chi connectivity index (χ4v) is 5.16. The second-order valence-corrected chi connectivity index (χ2v) is 12.1. The Morgan fingerprint density at radius 1 is 1.07 bits per heavy atom. The zero-order valence-corrected chi connectivity index (χ0v) is 26.1. The van der Waals surface area contributed by atoms with Crippen molar-refractivity contribution in [2.75, 3.05) is 44.0 Å². The van der Waals surface area contributed by atoms with Crippen molar-refractivity contribution in [2.24, 2.45) is 11.8 Å². The first-order chi connectivity index (χ1) is 21.0. The van der Waals surface area contributed by atoms with Crippen LogP contribution in [0.2, 0.25) is 0 Å². The van der Waals surface area contributed by atoms with Crippen LogP contribution in [0.4, 0.5) is 20.6 Å². The van der Waals surface area contributed by atoms with E-state index in [0.29, 0.717) is 29.3 Å². The third-order valence-electron chi connectivity index (χ3n) is 8.16. The Morgan fingerprint density at radius 2 is 1.77 bits per heavy atom. The summed E-state index contributed by atoms with van der Waals surface area (Å²) in [5.74, 6) is -0.571. The Hall–Kier alpha value is -3.70. The van der Waals surface area contributed by atoms with Crippen LogP contribution in [0.1, 0.15) is 63.2 Å². The lowest BCUT2D eigenvalue weighted by atomic mass is 10.0. The van der Waals surface area contributed by atoms with E-state index in [2.05, 4.69) is 10.6 Å². The Morgan fingerprint density at radius 3 is 2.45 bits per heavy atom. The van der Waals surface area contributed by atoms with Crippen LogP contribution in [-0.2, 0) is 9.53 Å². The van der Waals surface area contributed by atoms with Crippen molar-refractivity contribution >= 4 is 29.2 Å². The van der Waals surface area contributed by atoms with Gasteiger partial charge in [0.15, 0.2) is 0 Å². The molecule has 1 aliphatic carbocycles. The Labute approximate surface area is 258 Å². The van der Waals surface area contributed by atoms with E-state index in [4.69, 9.17) is 9.47 Å². The van der Waals surface area contributed by atoms with Crippen LogP contribution < -0.4 is 15.4 Å². The number of fused-ring (bicyclic) bond motifs is 1. The molecule has 1 fully saturated rings. The van der Waals surface area contributed by atoms with Crippen LogP contribution in [0.3, 0.4) is 0 Å². The van der Waals surface area contributed by atoms with Crippen molar-refractivity contribution < 1.29 is 33.4 Å². The predicted molar refractivity (Wildman–Crippen MR) is 166 cm³/mol. The van der Waals surface area contributed by atoms with Crippen molar-refractivity contribution in [3.05, 3.63) is 53.8 Å². The quantitative estimate of drug-likeness (QED) is 0.399. The van der Waals surface area contributed by atoms with Gasteiger partial charge in [-0.3, -0.25) is 9.59 Å². The maximum atomic E-state index is 14.2. The molecule has 4 atom stereocenters. The Kier molecular flexibility index (Phi) is 11.6. The van der Waals surface area contributed by atoms with Gasteiger partial charge in [-0.25, -0.2) is 9.18 Å². The van der Waals surface area contributed by atoms with E-state index in [1.807, 2.05) is 13.8 Å². The van der Waals surface area contributed by atoms with Gasteiger partial charge in [0.1, 0.15) is 11.6 Å². The van der Waals surface area contributed by atoms with Crippen molar-refractivity contribution in [2.45, 2.75) is 71.1 Å². The number of nitrogens with zero attached hydrogens (tertiary/aromatic N) is 2. The number of amides is 4. The molecule has 2 aromatic carbocycles. The molecule has 1 heterocycles. The maximum absolute atomic E-state index is 14.2. The topological polar surface area (TPSA) is 120 Å². The molecular weight excluding hydrogens is 567 g/mol. The van der Waals surface area contributed by atoms with Crippen LogP contribution in [0, 0.1) is 17.7 Å². The predicted octanol–water partition coefficient (Wildman–Crippen LogP) is 5.13. The molecule has 0 saturated heterocycles. The summed E-state index contributed by atoms with van der Waals surface area (Å²) in [6.07, 6.45) is 3.52. The average Bonchev–Trinajstić information content (AvgIpc) is 3.85. The molecule has 0 bridgehead atoms. The van der Waals surface area contributed by atoms with Crippen molar-refractivity contribution in [1.29, 1.82) is 0 Å². The molecule has 0 aromatic heterocycles. The molecule has 0 radical (unpaired) electrons. The summed E-state index contributed by atoms with van der Waals surface area (Å²) in [7, 11) is 1.66. The molecule has 2 aliphatic rings. The fourth-order valence-electron chi connectivity index (χ4n) is 5.16. The number of carbonyl (C=O) groups excluding carboxylic acids is 3. The van der Waals surface area contributed by atoms with Gasteiger partial charge in [0.2, 0.25) is 5.91 Å². The lowest BCUT2D eigenvalue weighted by molar-refractivity contribution is -0.117. The van der Waals surface area contributed by atoms with Crippen LogP contribution in [0.15, 0.2) is 42.5 Å². The molecule has 0 unspecified atom stereocenters. The van der Waals surface area contributed by atoms with E-state index in [9.17, 15) is 23.9 Å². The zero-order valence-electron chi connectivity index (χ0n) is 26.1. The number of benzene rings is 2. The molecule has 0 spiro atoms. The van der Waals surface area contributed by atoms with Crippen LogP contribution in [0.5, 0.6) is 5.75 Å². The number of anilines is 2. The number of rotatable bonds is 7. The van der Waals surface area contributed by atoms with E-state index >= 15 is 0 Å². The third-order valence-corrected chi connectivity index (χ3v) is 8.16. The van der Waals surface area contributed by atoms with Gasteiger partial charge in [-0.05, 0) is 88.4 Å². The largest absolute Gasteiger partial charge is 0.490 e. The highest BCUT2D eigenvalue weighted by molar-refractivity contribution is 6.00. The van der Waals surface area contributed by atoms with Gasteiger partial charge in [0, 0.05) is 50.0 Å². The molecule has 240 valence electrons. The molecule has 1 saturated carbocycles. The van der Waals surface area contributed by atoms with Crippen LogP contribution >= 0.6 is 0 Å². The number of likely N-dealkylation sites (N-methyl/N-ethyl adjacent to an activating group) is 1. The molecule has 3 N–H and O–H groups in total. The normalized spacial score (nSPS) is 22.2. The minimum absolute atomic E-state index is 0.00948. The van der Waals surface area contributed by atoms with Gasteiger partial charge in [0.05, 0.1) is 30.4 Å². The molecule has 11 heteroatoms. The monoisotopic (exact) mass is 612 g/mol. The maximum Gasteiger partial charge on any atom is 0.321 e. The van der Waals surface area contributed by atoms with E-state index in [0.717, 1.165) is 32.1 Å². The summed E-state index contributed by atoms with van der Waals surface area (Å²) in [4.78, 5) is 42.7. The molecule has 4 rings (SSSR count). The summed E-state index contributed by atoms with van der Waals surface area (Å²) >= 11 is 0. The number of ether oxygens (including phenoxy) is 2. The summed E-state index contributed by atoms with van der Waals surface area (Å²) in [5.41, 5.74) is 1.30. The standard InChI is InChI=1S/C33H45FN4O6/c1-21-18-38(22(2)20-39)32(41)28-17-27(35-31(40)24-8-9-24)14-15-29(28)44-23(3)7-5-6-16-43-30(21)19-37(4)33(42)36-26-12-10-25(34)11-13-26/h10-15,17,21-24,30,39H,5-9,16,18-20H2,1-4H3,(H,35,40)(H,36,42)/t21-,22+,23-,30-/m0/s1. The molecule has 1 aliphatic heterocycles. The van der Waals surface area contributed by atoms with Crippen LogP contribution in [0.25, 0.3) is 0 Å². The first-order valence-corrected chi connectivity index (χ1v) is 15.5. The molecule has 4 amide bonds. The van der Waals surface area contributed by atoms with Crippen molar-refractivity contribution in [3.8, 4) is 5.75 Å². The number of hydrogen-bond donors (Lipinski definition) is 3. The van der Waals surface area contributed by atoms with Crippen LogP contribution in [-0.4, -0.2) is 84.4 Å². The van der Waals surface area contributed by atoms with Gasteiger partial charge in [-0.15, -0.1) is 0 Å². The molecule has 10 nitrogen and oxygen atoms in total. The first-order valence-electron chi connectivity index (χ1n) is 15.5. The van der Waals surface area contributed by atoms with Gasteiger partial charge < -0.3 is 35.0 Å². The highest BCUT2D eigenvalue weighted by atomic mass is 19.1. The van der Waals surface area contributed by atoms with E-state index in [1.54, 1.807) is 37.1 Å².